The molecule has 1 saturated heterocycles. The summed E-state index contributed by atoms with van der Waals surface area (Å²) in [5, 5.41) is 0. The van der Waals surface area contributed by atoms with E-state index in [2.05, 4.69) is 48.2 Å². The van der Waals surface area contributed by atoms with E-state index in [9.17, 15) is 0 Å². The van der Waals surface area contributed by atoms with Crippen LogP contribution >= 0.6 is 0 Å². The molecule has 16 heavy (non-hydrogen) atoms. The first-order valence-corrected chi connectivity index (χ1v) is 5.89. The Labute approximate surface area is 97.5 Å². The summed E-state index contributed by atoms with van der Waals surface area (Å²) in [7, 11) is 0. The molecule has 0 radical (unpaired) electrons. The maximum atomic E-state index is 5.41. The van der Waals surface area contributed by atoms with Crippen molar-refractivity contribution in [3.05, 3.63) is 42.0 Å². The molecule has 86 valence electrons. The highest BCUT2D eigenvalue weighted by Gasteiger charge is 2.16. The smallest absolute Gasteiger partial charge is 0.0619 e. The van der Waals surface area contributed by atoms with Gasteiger partial charge in [0.1, 0.15) is 0 Å². The molecule has 2 rings (SSSR count). The van der Waals surface area contributed by atoms with Gasteiger partial charge in [-0.15, -0.1) is 0 Å². The molecule has 0 spiro atoms. The molecule has 2 heteroatoms. The molecule has 0 N–H and O–H groups in total. The Morgan fingerprint density at radius 2 is 2.19 bits per heavy atom. The molecule has 1 aliphatic rings. The van der Waals surface area contributed by atoms with Crippen LogP contribution in [0.3, 0.4) is 0 Å². The first kappa shape index (κ1) is 11.4. The number of hydrogen-bond acceptors (Lipinski definition) is 2. The zero-order chi connectivity index (χ0) is 11.2. The molecule has 2 nitrogen and oxygen atoms in total. The highest BCUT2D eigenvalue weighted by molar-refractivity contribution is 5.48. The Hall–Kier alpha value is -1.12. The van der Waals surface area contributed by atoms with Gasteiger partial charge in [-0.25, -0.2) is 0 Å². The first-order valence-electron chi connectivity index (χ1n) is 5.89. The van der Waals surface area contributed by atoms with Crippen LogP contribution < -0.4 is 0 Å². The average molecular weight is 217 g/mol. The van der Waals surface area contributed by atoms with Gasteiger partial charge in [-0.3, -0.25) is 4.90 Å². The molecular formula is C14H19NO. The average Bonchev–Trinajstić information content (AvgIpc) is 2.33. The highest BCUT2D eigenvalue weighted by atomic mass is 16.5. The molecule has 1 atom stereocenters. The van der Waals surface area contributed by atoms with Crippen molar-refractivity contribution in [3.63, 3.8) is 0 Å². The highest BCUT2D eigenvalue weighted by Crippen LogP contribution is 2.07. The van der Waals surface area contributed by atoms with Gasteiger partial charge in [0.15, 0.2) is 0 Å². The fourth-order valence-corrected chi connectivity index (χ4v) is 1.92. The van der Waals surface area contributed by atoms with Gasteiger partial charge in [-0.05, 0) is 12.5 Å². The van der Waals surface area contributed by atoms with Crippen LogP contribution in [0.2, 0.25) is 0 Å². The molecule has 0 unspecified atom stereocenters. The van der Waals surface area contributed by atoms with Crippen LogP contribution in [0.4, 0.5) is 0 Å². The zero-order valence-electron chi connectivity index (χ0n) is 9.80. The van der Waals surface area contributed by atoms with Gasteiger partial charge in [0, 0.05) is 19.1 Å². The fourth-order valence-electron chi connectivity index (χ4n) is 1.92. The van der Waals surface area contributed by atoms with E-state index in [4.69, 9.17) is 4.74 Å². The second kappa shape index (κ2) is 5.83. The predicted octanol–water partition coefficient (Wildman–Crippen LogP) is 2.42. The van der Waals surface area contributed by atoms with E-state index < -0.39 is 0 Å². The molecular weight excluding hydrogens is 198 g/mol. The Morgan fingerprint density at radius 1 is 1.38 bits per heavy atom. The molecule has 0 saturated carbocycles. The Bertz CT molecular complexity index is 334. The van der Waals surface area contributed by atoms with Gasteiger partial charge in [0.2, 0.25) is 0 Å². The minimum Gasteiger partial charge on any atom is -0.379 e. The molecule has 1 aliphatic heterocycles. The summed E-state index contributed by atoms with van der Waals surface area (Å²) in [5.74, 6) is 0. The van der Waals surface area contributed by atoms with Crippen molar-refractivity contribution in [1.82, 2.24) is 4.90 Å². The van der Waals surface area contributed by atoms with Crippen molar-refractivity contribution < 1.29 is 4.74 Å². The van der Waals surface area contributed by atoms with Gasteiger partial charge in [-0.1, -0.05) is 42.5 Å². The van der Waals surface area contributed by atoms with Crippen LogP contribution in [0.1, 0.15) is 12.5 Å². The van der Waals surface area contributed by atoms with Gasteiger partial charge in [0.05, 0.1) is 13.2 Å². The van der Waals surface area contributed by atoms with Crippen molar-refractivity contribution in [1.29, 1.82) is 0 Å². The van der Waals surface area contributed by atoms with Gasteiger partial charge in [0.25, 0.3) is 0 Å². The maximum Gasteiger partial charge on any atom is 0.0619 e. The third-order valence-electron chi connectivity index (χ3n) is 2.96. The fraction of sp³-hybridized carbons (Fsp3) is 0.429. The number of benzene rings is 1. The van der Waals surface area contributed by atoms with Crippen LogP contribution in [0.5, 0.6) is 0 Å². The summed E-state index contributed by atoms with van der Waals surface area (Å²) in [6, 6.07) is 11.0. The third kappa shape index (κ3) is 3.19. The minimum atomic E-state index is 0.536. The molecule has 1 heterocycles. The van der Waals surface area contributed by atoms with Gasteiger partial charge >= 0.3 is 0 Å². The van der Waals surface area contributed by atoms with Gasteiger partial charge < -0.3 is 4.74 Å². The normalized spacial score (nSPS) is 22.7. The molecule has 1 aromatic rings. The molecule has 1 aromatic carbocycles. The lowest BCUT2D eigenvalue weighted by atomic mass is 10.2. The van der Waals surface area contributed by atoms with Crippen LogP contribution in [-0.4, -0.2) is 37.2 Å². The van der Waals surface area contributed by atoms with E-state index in [1.165, 1.54) is 5.56 Å². The second-order valence-electron chi connectivity index (χ2n) is 4.23. The quantitative estimate of drug-likeness (QED) is 0.771. The molecule has 0 bridgehead atoms. The number of ether oxygens (including phenoxy) is 1. The van der Waals surface area contributed by atoms with Crippen molar-refractivity contribution in [2.45, 2.75) is 13.0 Å². The van der Waals surface area contributed by atoms with E-state index in [1.807, 2.05) is 6.07 Å². The Morgan fingerprint density at radius 3 is 2.94 bits per heavy atom. The molecule has 1 fully saturated rings. The summed E-state index contributed by atoms with van der Waals surface area (Å²) < 4.78 is 5.41. The summed E-state index contributed by atoms with van der Waals surface area (Å²) >= 11 is 0. The molecule has 0 aromatic heterocycles. The first-order chi connectivity index (χ1) is 7.86. The van der Waals surface area contributed by atoms with Crippen LogP contribution in [0.15, 0.2) is 36.4 Å². The van der Waals surface area contributed by atoms with E-state index in [-0.39, 0.29) is 0 Å². The molecule has 0 aliphatic carbocycles. The standard InChI is InChI=1S/C14H19NO/c1-13-12-16-11-10-15(13)9-5-8-14-6-3-2-4-7-14/h2-8,13H,9-12H2,1H3/b8-5-/t13-/m1/s1. The SMILES string of the molecule is C[C@@H]1COCCN1C/C=C\c1ccccc1. The summed E-state index contributed by atoms with van der Waals surface area (Å²) in [6.45, 7) is 6.00. The number of morpholine rings is 1. The van der Waals surface area contributed by atoms with Crippen LogP contribution in [0, 0.1) is 0 Å². The number of hydrogen-bond donors (Lipinski definition) is 0. The lowest BCUT2D eigenvalue weighted by molar-refractivity contribution is 0.00564. The summed E-state index contributed by atoms with van der Waals surface area (Å²) in [4.78, 5) is 2.45. The van der Waals surface area contributed by atoms with Crippen LogP contribution in [-0.2, 0) is 4.74 Å². The van der Waals surface area contributed by atoms with E-state index in [1.54, 1.807) is 0 Å². The van der Waals surface area contributed by atoms with Crippen LogP contribution in [0.25, 0.3) is 6.08 Å². The zero-order valence-corrected chi connectivity index (χ0v) is 9.80. The lowest BCUT2D eigenvalue weighted by Gasteiger charge is -2.32. The van der Waals surface area contributed by atoms with E-state index in [0.29, 0.717) is 6.04 Å². The third-order valence-corrected chi connectivity index (χ3v) is 2.96. The van der Waals surface area contributed by atoms with Crippen molar-refractivity contribution >= 4 is 6.08 Å². The van der Waals surface area contributed by atoms with Crippen molar-refractivity contribution in [2.24, 2.45) is 0 Å². The molecule has 0 amide bonds. The summed E-state index contributed by atoms with van der Waals surface area (Å²) in [5.41, 5.74) is 1.27. The largest absolute Gasteiger partial charge is 0.379 e. The Kier molecular flexibility index (Phi) is 4.14. The summed E-state index contributed by atoms with van der Waals surface area (Å²) in [6.07, 6.45) is 4.42. The van der Waals surface area contributed by atoms with Crippen molar-refractivity contribution in [2.75, 3.05) is 26.3 Å². The second-order valence-corrected chi connectivity index (χ2v) is 4.23. The topological polar surface area (TPSA) is 12.5 Å². The minimum absolute atomic E-state index is 0.536. The number of rotatable bonds is 3. The van der Waals surface area contributed by atoms with Gasteiger partial charge in [-0.2, -0.15) is 0 Å². The van der Waals surface area contributed by atoms with E-state index in [0.717, 1.165) is 26.3 Å². The maximum absolute atomic E-state index is 5.41. The predicted molar refractivity (Wildman–Crippen MR) is 67.3 cm³/mol. The Balaban J connectivity index is 1.84. The van der Waals surface area contributed by atoms with E-state index >= 15 is 0 Å². The lowest BCUT2D eigenvalue weighted by Crippen LogP contribution is -2.43. The van der Waals surface area contributed by atoms with Crippen molar-refractivity contribution in [3.8, 4) is 0 Å². The monoisotopic (exact) mass is 217 g/mol. The number of nitrogens with zero attached hydrogens (tertiary/aromatic N) is 1.